The van der Waals surface area contributed by atoms with Crippen molar-refractivity contribution in [2.45, 2.75) is 42.2 Å². The molecule has 0 saturated heterocycles. The van der Waals surface area contributed by atoms with Gasteiger partial charge in [0.25, 0.3) is 0 Å². The monoisotopic (exact) mass is 236 g/mol. The zero-order valence-corrected chi connectivity index (χ0v) is 10.4. The molecule has 0 aliphatic heterocycles. The van der Waals surface area contributed by atoms with Crippen molar-refractivity contribution < 1.29 is 9.90 Å². The third-order valence-electron chi connectivity index (χ3n) is 2.95. The molecule has 1 fully saturated rings. The van der Waals surface area contributed by atoms with E-state index in [-0.39, 0.29) is 0 Å². The summed E-state index contributed by atoms with van der Waals surface area (Å²) >= 11 is 1.49. The Morgan fingerprint density at radius 3 is 2.25 bits per heavy atom. The summed E-state index contributed by atoms with van der Waals surface area (Å²) in [6, 6.07) is 8.24. The highest BCUT2D eigenvalue weighted by molar-refractivity contribution is 8.01. The SMILES string of the molecule is CC(C)c1ccc(SC2(C(=O)O)CC2)cc1. The number of hydrogen-bond donors (Lipinski definition) is 1. The van der Waals surface area contributed by atoms with E-state index >= 15 is 0 Å². The van der Waals surface area contributed by atoms with E-state index in [2.05, 4.69) is 26.0 Å². The standard InChI is InChI=1S/C13H16O2S/c1-9(2)10-3-5-11(6-4-10)16-13(7-8-13)12(14)15/h3-6,9H,7-8H2,1-2H3,(H,14,15). The van der Waals surface area contributed by atoms with Crippen LogP contribution in [-0.2, 0) is 4.79 Å². The predicted octanol–water partition coefficient (Wildman–Crippen LogP) is 3.52. The Morgan fingerprint density at radius 1 is 1.31 bits per heavy atom. The van der Waals surface area contributed by atoms with Gasteiger partial charge in [-0.05, 0) is 36.5 Å². The summed E-state index contributed by atoms with van der Waals surface area (Å²) < 4.78 is -0.528. The fourth-order valence-corrected chi connectivity index (χ4v) is 2.74. The van der Waals surface area contributed by atoms with E-state index in [4.69, 9.17) is 5.11 Å². The quantitative estimate of drug-likeness (QED) is 0.869. The van der Waals surface area contributed by atoms with Crippen LogP contribution in [-0.4, -0.2) is 15.8 Å². The Kier molecular flexibility index (Phi) is 2.98. The number of carboxylic acids is 1. The smallest absolute Gasteiger partial charge is 0.320 e. The first-order chi connectivity index (χ1) is 7.53. The van der Waals surface area contributed by atoms with Gasteiger partial charge in [-0.3, -0.25) is 4.79 Å². The van der Waals surface area contributed by atoms with E-state index in [1.807, 2.05) is 12.1 Å². The maximum absolute atomic E-state index is 11.0. The van der Waals surface area contributed by atoms with E-state index < -0.39 is 10.7 Å². The van der Waals surface area contributed by atoms with Gasteiger partial charge in [0.05, 0.1) is 0 Å². The van der Waals surface area contributed by atoms with Crippen LogP contribution in [0, 0.1) is 0 Å². The molecule has 0 radical (unpaired) electrons. The average molecular weight is 236 g/mol. The first kappa shape index (κ1) is 11.5. The van der Waals surface area contributed by atoms with Crippen molar-refractivity contribution >= 4 is 17.7 Å². The van der Waals surface area contributed by atoms with E-state index in [9.17, 15) is 4.79 Å². The largest absolute Gasteiger partial charge is 0.480 e. The van der Waals surface area contributed by atoms with Crippen molar-refractivity contribution in [1.29, 1.82) is 0 Å². The lowest BCUT2D eigenvalue weighted by Crippen LogP contribution is -2.17. The molecule has 3 heteroatoms. The van der Waals surface area contributed by atoms with Crippen LogP contribution in [0.15, 0.2) is 29.2 Å². The molecule has 0 unspecified atom stereocenters. The van der Waals surface area contributed by atoms with Crippen molar-refractivity contribution in [1.82, 2.24) is 0 Å². The van der Waals surface area contributed by atoms with Crippen molar-refractivity contribution in [2.24, 2.45) is 0 Å². The van der Waals surface area contributed by atoms with Gasteiger partial charge in [0, 0.05) is 4.90 Å². The highest BCUT2D eigenvalue weighted by Crippen LogP contribution is 2.51. The van der Waals surface area contributed by atoms with E-state index in [1.54, 1.807) is 0 Å². The fraction of sp³-hybridized carbons (Fsp3) is 0.462. The maximum atomic E-state index is 11.0. The van der Waals surface area contributed by atoms with Gasteiger partial charge in [-0.2, -0.15) is 0 Å². The molecular formula is C13H16O2S. The summed E-state index contributed by atoms with van der Waals surface area (Å²) in [4.78, 5) is 12.1. The minimum Gasteiger partial charge on any atom is -0.480 e. The normalized spacial score (nSPS) is 17.4. The lowest BCUT2D eigenvalue weighted by Gasteiger charge is -2.10. The molecule has 2 rings (SSSR count). The molecule has 1 aliphatic carbocycles. The van der Waals surface area contributed by atoms with Gasteiger partial charge in [0.15, 0.2) is 0 Å². The Balaban J connectivity index is 2.09. The zero-order valence-electron chi connectivity index (χ0n) is 9.56. The van der Waals surface area contributed by atoms with Crippen LogP contribution < -0.4 is 0 Å². The summed E-state index contributed by atoms with van der Waals surface area (Å²) in [5.41, 5.74) is 1.30. The molecular weight excluding hydrogens is 220 g/mol. The topological polar surface area (TPSA) is 37.3 Å². The van der Waals surface area contributed by atoms with Crippen LogP contribution >= 0.6 is 11.8 Å². The third-order valence-corrected chi connectivity index (χ3v) is 4.44. The summed E-state index contributed by atoms with van der Waals surface area (Å²) in [6.07, 6.45) is 1.58. The highest BCUT2D eigenvalue weighted by Gasteiger charge is 2.51. The molecule has 0 heterocycles. The summed E-state index contributed by atoms with van der Waals surface area (Å²) in [7, 11) is 0. The molecule has 1 aromatic rings. The third kappa shape index (κ3) is 2.24. The highest BCUT2D eigenvalue weighted by atomic mass is 32.2. The number of benzene rings is 1. The van der Waals surface area contributed by atoms with Gasteiger partial charge < -0.3 is 5.11 Å². The molecule has 0 aromatic heterocycles. The fourth-order valence-electron chi connectivity index (χ4n) is 1.62. The van der Waals surface area contributed by atoms with Crippen LogP contribution in [0.1, 0.15) is 38.2 Å². The number of thioether (sulfide) groups is 1. The molecule has 16 heavy (non-hydrogen) atoms. The first-order valence-corrected chi connectivity index (χ1v) is 6.37. The maximum Gasteiger partial charge on any atom is 0.320 e. The molecule has 1 saturated carbocycles. The van der Waals surface area contributed by atoms with Crippen molar-refractivity contribution in [3.63, 3.8) is 0 Å². The Morgan fingerprint density at radius 2 is 1.88 bits per heavy atom. The molecule has 1 aromatic carbocycles. The van der Waals surface area contributed by atoms with Gasteiger partial charge in [0.1, 0.15) is 4.75 Å². The van der Waals surface area contributed by atoms with Crippen molar-refractivity contribution in [2.75, 3.05) is 0 Å². The minimum absolute atomic E-state index is 0.522. The van der Waals surface area contributed by atoms with Gasteiger partial charge in [-0.1, -0.05) is 26.0 Å². The molecule has 1 N–H and O–H groups in total. The van der Waals surface area contributed by atoms with Crippen LogP contribution in [0.3, 0.4) is 0 Å². The lowest BCUT2D eigenvalue weighted by atomic mass is 10.0. The molecule has 0 spiro atoms. The Hall–Kier alpha value is -0.960. The molecule has 0 atom stereocenters. The molecule has 86 valence electrons. The summed E-state index contributed by atoms with van der Waals surface area (Å²) in [6.45, 7) is 4.31. The van der Waals surface area contributed by atoms with Gasteiger partial charge >= 0.3 is 5.97 Å². The number of carboxylic acid groups (broad SMARTS) is 1. The Labute approximate surface area is 100 Å². The number of carbonyl (C=O) groups is 1. The zero-order chi connectivity index (χ0) is 11.8. The molecule has 0 amide bonds. The molecule has 2 nitrogen and oxygen atoms in total. The van der Waals surface area contributed by atoms with Crippen molar-refractivity contribution in [3.05, 3.63) is 29.8 Å². The van der Waals surface area contributed by atoms with E-state index in [0.29, 0.717) is 5.92 Å². The number of hydrogen-bond acceptors (Lipinski definition) is 2. The average Bonchev–Trinajstić information content (AvgIpc) is 3.00. The van der Waals surface area contributed by atoms with E-state index in [0.717, 1.165) is 17.7 Å². The second-order valence-corrected chi connectivity index (χ2v) is 6.08. The van der Waals surface area contributed by atoms with Crippen LogP contribution in [0.25, 0.3) is 0 Å². The second kappa shape index (κ2) is 4.13. The lowest BCUT2D eigenvalue weighted by molar-refractivity contribution is -0.137. The van der Waals surface area contributed by atoms with Crippen molar-refractivity contribution in [3.8, 4) is 0 Å². The second-order valence-electron chi connectivity index (χ2n) is 4.63. The summed E-state index contributed by atoms with van der Waals surface area (Å²) in [5, 5.41) is 9.09. The van der Waals surface area contributed by atoms with Crippen LogP contribution in [0.4, 0.5) is 0 Å². The van der Waals surface area contributed by atoms with Gasteiger partial charge in [-0.25, -0.2) is 0 Å². The summed E-state index contributed by atoms with van der Waals surface area (Å²) in [5.74, 6) is -0.154. The van der Waals surface area contributed by atoms with Gasteiger partial charge in [-0.15, -0.1) is 11.8 Å². The van der Waals surface area contributed by atoms with Gasteiger partial charge in [0.2, 0.25) is 0 Å². The minimum atomic E-state index is -0.676. The predicted molar refractivity (Wildman–Crippen MR) is 66.0 cm³/mol. The number of aliphatic carboxylic acids is 1. The molecule has 1 aliphatic rings. The first-order valence-electron chi connectivity index (χ1n) is 5.56. The van der Waals surface area contributed by atoms with Crippen LogP contribution in [0.2, 0.25) is 0 Å². The van der Waals surface area contributed by atoms with E-state index in [1.165, 1.54) is 17.3 Å². The molecule has 0 bridgehead atoms. The number of rotatable bonds is 4. The van der Waals surface area contributed by atoms with Crippen LogP contribution in [0.5, 0.6) is 0 Å². The Bertz CT molecular complexity index is 391.